The molecule has 1 aromatic carbocycles. The molecule has 0 radical (unpaired) electrons. The molecule has 0 aliphatic carbocycles. The number of benzene rings is 1. The van der Waals surface area contributed by atoms with Crippen LogP contribution in [-0.4, -0.2) is 61.6 Å². The van der Waals surface area contributed by atoms with Gasteiger partial charge in [-0.25, -0.2) is 0 Å². The van der Waals surface area contributed by atoms with Crippen LogP contribution in [0.15, 0.2) is 18.2 Å². The molecule has 0 aromatic heterocycles. The van der Waals surface area contributed by atoms with E-state index >= 15 is 0 Å². The molecule has 2 aliphatic heterocycles. The van der Waals surface area contributed by atoms with E-state index in [1.165, 1.54) is 0 Å². The molecule has 2 amide bonds. The molecular formula is C16H21N3O4. The zero-order valence-corrected chi connectivity index (χ0v) is 13.0. The van der Waals surface area contributed by atoms with Gasteiger partial charge in [0.15, 0.2) is 11.5 Å². The van der Waals surface area contributed by atoms with Gasteiger partial charge in [-0.05, 0) is 17.7 Å². The monoisotopic (exact) mass is 319 g/mol. The number of hydrogen-bond donors (Lipinski definition) is 1. The van der Waals surface area contributed by atoms with Crippen molar-refractivity contribution in [3.05, 3.63) is 23.8 Å². The molecule has 0 saturated carbocycles. The number of hydrogen-bond acceptors (Lipinski definition) is 5. The minimum atomic E-state index is 0.0282. The van der Waals surface area contributed by atoms with E-state index in [0.717, 1.165) is 56.2 Å². The lowest BCUT2D eigenvalue weighted by Gasteiger charge is -2.32. The minimum Gasteiger partial charge on any atom is -0.454 e. The highest BCUT2D eigenvalue weighted by atomic mass is 16.7. The summed E-state index contributed by atoms with van der Waals surface area (Å²) in [6.45, 7) is 4.59. The third-order valence-corrected chi connectivity index (χ3v) is 4.14. The summed E-state index contributed by atoms with van der Waals surface area (Å²) >= 11 is 0. The average molecular weight is 319 g/mol. The summed E-state index contributed by atoms with van der Waals surface area (Å²) in [5.74, 6) is 1.50. The van der Waals surface area contributed by atoms with Gasteiger partial charge >= 0.3 is 0 Å². The van der Waals surface area contributed by atoms with Crippen LogP contribution in [0.1, 0.15) is 12.0 Å². The zero-order valence-electron chi connectivity index (χ0n) is 13.0. The molecule has 1 aromatic rings. The lowest BCUT2D eigenvalue weighted by atomic mass is 10.2. The predicted octanol–water partition coefficient (Wildman–Crippen LogP) is 0.196. The second-order valence-electron chi connectivity index (χ2n) is 5.70. The Morgan fingerprint density at radius 2 is 1.96 bits per heavy atom. The van der Waals surface area contributed by atoms with Gasteiger partial charge in [-0.1, -0.05) is 6.07 Å². The molecule has 1 N–H and O–H groups in total. The summed E-state index contributed by atoms with van der Waals surface area (Å²) in [6.07, 6.45) is 1.35. The number of ether oxygens (including phenoxy) is 2. The van der Waals surface area contributed by atoms with Gasteiger partial charge in [-0.3, -0.25) is 14.5 Å². The summed E-state index contributed by atoms with van der Waals surface area (Å²) in [5.41, 5.74) is 0.988. The summed E-state index contributed by atoms with van der Waals surface area (Å²) in [4.78, 5) is 26.6. The Bertz CT molecular complexity index is 570. The largest absolute Gasteiger partial charge is 0.454 e. The van der Waals surface area contributed by atoms with Crippen LogP contribution in [-0.2, 0) is 16.1 Å². The summed E-state index contributed by atoms with van der Waals surface area (Å²) in [7, 11) is 0. The van der Waals surface area contributed by atoms with Crippen LogP contribution in [0.5, 0.6) is 11.5 Å². The first kappa shape index (κ1) is 15.6. The lowest BCUT2D eigenvalue weighted by molar-refractivity contribution is -0.123. The summed E-state index contributed by atoms with van der Waals surface area (Å²) in [6, 6.07) is 5.67. The van der Waals surface area contributed by atoms with Crippen molar-refractivity contribution in [1.82, 2.24) is 15.1 Å². The quantitative estimate of drug-likeness (QED) is 0.758. The number of nitrogens with one attached hydrogen (secondary N) is 1. The number of nitrogens with zero attached hydrogens (tertiary/aromatic N) is 2. The van der Waals surface area contributed by atoms with E-state index in [1.54, 1.807) is 4.90 Å². The van der Waals surface area contributed by atoms with E-state index in [4.69, 9.17) is 9.47 Å². The van der Waals surface area contributed by atoms with Gasteiger partial charge in [-0.2, -0.15) is 0 Å². The number of piperazine rings is 1. The maximum Gasteiger partial charge on any atom is 0.231 e. The molecule has 1 saturated heterocycles. The molecule has 23 heavy (non-hydrogen) atoms. The average Bonchev–Trinajstić information content (AvgIpc) is 3.06. The van der Waals surface area contributed by atoms with Crippen molar-refractivity contribution >= 4 is 12.3 Å². The van der Waals surface area contributed by atoms with Crippen molar-refractivity contribution in [3.63, 3.8) is 0 Å². The molecule has 2 aliphatic rings. The summed E-state index contributed by atoms with van der Waals surface area (Å²) < 4.78 is 10.6. The smallest absolute Gasteiger partial charge is 0.231 e. The van der Waals surface area contributed by atoms with Crippen LogP contribution in [0.2, 0.25) is 0 Å². The number of amides is 2. The normalized spacial score (nSPS) is 17.1. The molecule has 0 spiro atoms. The van der Waals surface area contributed by atoms with Gasteiger partial charge in [0, 0.05) is 45.7 Å². The van der Waals surface area contributed by atoms with Crippen molar-refractivity contribution < 1.29 is 19.1 Å². The number of fused-ring (bicyclic) bond motifs is 1. The van der Waals surface area contributed by atoms with Gasteiger partial charge in [0.05, 0.1) is 0 Å². The van der Waals surface area contributed by atoms with Gasteiger partial charge in [-0.15, -0.1) is 0 Å². The van der Waals surface area contributed by atoms with Crippen molar-refractivity contribution in [2.75, 3.05) is 39.5 Å². The van der Waals surface area contributed by atoms with E-state index in [1.807, 2.05) is 18.2 Å². The van der Waals surface area contributed by atoms with E-state index in [0.29, 0.717) is 13.0 Å². The van der Waals surface area contributed by atoms with Crippen LogP contribution in [0.4, 0.5) is 0 Å². The van der Waals surface area contributed by atoms with E-state index < -0.39 is 0 Å². The van der Waals surface area contributed by atoms with E-state index in [9.17, 15) is 9.59 Å². The van der Waals surface area contributed by atoms with Crippen LogP contribution in [0.25, 0.3) is 0 Å². The van der Waals surface area contributed by atoms with Gasteiger partial charge in [0.25, 0.3) is 0 Å². The SMILES string of the molecule is O=CN1CCN(CCC(=O)NCc2ccc3c(c2)OCO3)CC1. The fourth-order valence-electron chi connectivity index (χ4n) is 2.69. The van der Waals surface area contributed by atoms with E-state index in [2.05, 4.69) is 10.2 Å². The van der Waals surface area contributed by atoms with Crippen molar-refractivity contribution in [2.24, 2.45) is 0 Å². The standard InChI is InChI=1S/C16H21N3O4/c20-11-19-7-5-18(6-8-19)4-3-16(21)17-10-13-1-2-14-15(9-13)23-12-22-14/h1-2,9,11H,3-8,10,12H2,(H,17,21). The molecule has 0 atom stereocenters. The highest BCUT2D eigenvalue weighted by Gasteiger charge is 2.16. The molecule has 7 heteroatoms. The number of carbonyl (C=O) groups is 2. The number of rotatable bonds is 6. The third kappa shape index (κ3) is 4.13. The van der Waals surface area contributed by atoms with Gasteiger partial charge in [0.1, 0.15) is 0 Å². The van der Waals surface area contributed by atoms with Crippen LogP contribution in [0, 0.1) is 0 Å². The second-order valence-corrected chi connectivity index (χ2v) is 5.70. The molecule has 1 fully saturated rings. The van der Waals surface area contributed by atoms with Crippen LogP contribution < -0.4 is 14.8 Å². The van der Waals surface area contributed by atoms with Gasteiger partial charge < -0.3 is 19.7 Å². The Balaban J connectivity index is 1.37. The molecule has 0 unspecified atom stereocenters. The molecular weight excluding hydrogens is 298 g/mol. The van der Waals surface area contributed by atoms with Gasteiger partial charge in [0.2, 0.25) is 19.1 Å². The summed E-state index contributed by atoms with van der Waals surface area (Å²) in [5, 5.41) is 2.92. The minimum absolute atomic E-state index is 0.0282. The topological polar surface area (TPSA) is 71.1 Å². The Labute approximate surface area is 135 Å². The van der Waals surface area contributed by atoms with Crippen molar-refractivity contribution in [1.29, 1.82) is 0 Å². The van der Waals surface area contributed by atoms with Crippen LogP contribution in [0.3, 0.4) is 0 Å². The Kier molecular flexibility index (Phi) is 4.97. The highest BCUT2D eigenvalue weighted by Crippen LogP contribution is 2.32. The Morgan fingerprint density at radius 1 is 1.17 bits per heavy atom. The van der Waals surface area contributed by atoms with E-state index in [-0.39, 0.29) is 12.7 Å². The third-order valence-electron chi connectivity index (χ3n) is 4.14. The Hall–Kier alpha value is -2.28. The molecule has 7 nitrogen and oxygen atoms in total. The maximum absolute atomic E-state index is 12.0. The molecule has 124 valence electrons. The predicted molar refractivity (Wildman–Crippen MR) is 83.1 cm³/mol. The highest BCUT2D eigenvalue weighted by molar-refractivity contribution is 5.76. The fraction of sp³-hybridized carbons (Fsp3) is 0.500. The molecule has 2 heterocycles. The van der Waals surface area contributed by atoms with Crippen molar-refractivity contribution in [3.8, 4) is 11.5 Å². The first-order valence-electron chi connectivity index (χ1n) is 7.81. The first-order chi connectivity index (χ1) is 11.2. The Morgan fingerprint density at radius 3 is 2.74 bits per heavy atom. The lowest BCUT2D eigenvalue weighted by Crippen LogP contribution is -2.46. The first-order valence-corrected chi connectivity index (χ1v) is 7.81. The number of carbonyl (C=O) groups excluding carboxylic acids is 2. The molecule has 3 rings (SSSR count). The maximum atomic E-state index is 12.0. The fourth-order valence-corrected chi connectivity index (χ4v) is 2.69. The molecule has 0 bridgehead atoms. The zero-order chi connectivity index (χ0) is 16.1. The van der Waals surface area contributed by atoms with Crippen molar-refractivity contribution in [2.45, 2.75) is 13.0 Å². The second kappa shape index (κ2) is 7.32. The van der Waals surface area contributed by atoms with Crippen LogP contribution >= 0.6 is 0 Å².